The van der Waals surface area contributed by atoms with Gasteiger partial charge in [-0.15, -0.1) is 0 Å². The van der Waals surface area contributed by atoms with Crippen molar-refractivity contribution in [1.82, 2.24) is 9.55 Å². The normalized spacial score (nSPS) is 12.0. The molecule has 2 aromatic carbocycles. The molecule has 8 nitrogen and oxygen atoms in total. The number of carbonyl (C=O) groups is 2. The number of aromatic nitrogens is 2. The summed E-state index contributed by atoms with van der Waals surface area (Å²) >= 11 is 0. The molecule has 1 N–H and O–H groups in total. The van der Waals surface area contributed by atoms with E-state index in [1.807, 2.05) is 6.92 Å². The van der Waals surface area contributed by atoms with Gasteiger partial charge in [-0.3, -0.25) is 19.0 Å². The first kappa shape index (κ1) is 21.2. The van der Waals surface area contributed by atoms with Gasteiger partial charge in [0.05, 0.1) is 5.69 Å². The molecule has 0 fully saturated rings. The maximum atomic E-state index is 13.4. The molecule has 1 amide bonds. The van der Waals surface area contributed by atoms with Crippen molar-refractivity contribution >= 4 is 17.4 Å². The fourth-order valence-electron chi connectivity index (χ4n) is 3.38. The van der Waals surface area contributed by atoms with Crippen LogP contribution in [0.1, 0.15) is 29.9 Å². The molecular weight excluding hydrogens is 417 g/mol. The number of rotatable bonds is 6. The molecule has 0 bridgehead atoms. The first-order valence-corrected chi connectivity index (χ1v) is 9.97. The number of ether oxygens (including phenoxy) is 2. The fourth-order valence-corrected chi connectivity index (χ4v) is 3.38. The summed E-state index contributed by atoms with van der Waals surface area (Å²) in [6.07, 6.45) is 0.523. The molecule has 9 heteroatoms. The van der Waals surface area contributed by atoms with Gasteiger partial charge >= 0.3 is 0 Å². The van der Waals surface area contributed by atoms with Crippen LogP contribution < -0.4 is 20.3 Å². The number of aryl methyl sites for hydroxylation is 1. The van der Waals surface area contributed by atoms with Crippen LogP contribution in [0.3, 0.4) is 0 Å². The predicted molar refractivity (Wildman–Crippen MR) is 114 cm³/mol. The lowest BCUT2D eigenvalue weighted by Gasteiger charge is -2.15. The quantitative estimate of drug-likeness (QED) is 0.595. The van der Waals surface area contributed by atoms with E-state index in [2.05, 4.69) is 10.3 Å². The van der Waals surface area contributed by atoms with E-state index in [0.717, 1.165) is 0 Å². The molecule has 0 aliphatic carbocycles. The van der Waals surface area contributed by atoms with E-state index in [0.29, 0.717) is 29.2 Å². The summed E-state index contributed by atoms with van der Waals surface area (Å²) in [4.78, 5) is 42.1. The smallest absolute Gasteiger partial charge is 0.254 e. The summed E-state index contributed by atoms with van der Waals surface area (Å²) in [5, 5.41) is 2.67. The van der Waals surface area contributed by atoms with Crippen molar-refractivity contribution in [1.29, 1.82) is 0 Å². The Kier molecular flexibility index (Phi) is 5.72. The van der Waals surface area contributed by atoms with Crippen LogP contribution in [0.25, 0.3) is 11.4 Å². The Labute approximate surface area is 182 Å². The second kappa shape index (κ2) is 8.62. The van der Waals surface area contributed by atoms with Crippen LogP contribution in [0, 0.1) is 5.82 Å². The standard InChI is InChI=1S/C23H20FN3O5/c1-3-16-8-22(30)27(23(25-16)14-4-6-15(24)7-5-14)11-21(29)26-18-10-20-19(31-12-32-20)9-17(18)13(2)28/h4-10H,3,11-12H2,1-2H3,(H,26,29). The Bertz CT molecular complexity index is 1270. The lowest BCUT2D eigenvalue weighted by atomic mass is 10.1. The third kappa shape index (κ3) is 4.22. The van der Waals surface area contributed by atoms with Crippen LogP contribution in [0.15, 0.2) is 47.3 Å². The van der Waals surface area contributed by atoms with Gasteiger partial charge in [-0.1, -0.05) is 6.92 Å². The Hall–Kier alpha value is -4.01. The molecule has 32 heavy (non-hydrogen) atoms. The summed E-state index contributed by atoms with van der Waals surface area (Å²) in [5.41, 5.74) is 1.15. The van der Waals surface area contributed by atoms with Crippen LogP contribution >= 0.6 is 0 Å². The van der Waals surface area contributed by atoms with Crippen molar-refractivity contribution < 1.29 is 23.5 Å². The lowest BCUT2D eigenvalue weighted by molar-refractivity contribution is -0.116. The average molecular weight is 437 g/mol. The SMILES string of the molecule is CCc1cc(=O)n(CC(=O)Nc2cc3c(cc2C(C)=O)OCO3)c(-c2ccc(F)cc2)n1. The number of carbonyl (C=O) groups excluding carboxylic acids is 2. The Morgan fingerprint density at radius 2 is 1.81 bits per heavy atom. The number of benzene rings is 2. The predicted octanol–water partition coefficient (Wildman–Crippen LogP) is 3.18. The molecule has 164 valence electrons. The van der Waals surface area contributed by atoms with Crippen molar-refractivity contribution in [3.63, 3.8) is 0 Å². The number of amides is 1. The molecule has 3 aromatic rings. The van der Waals surface area contributed by atoms with E-state index in [-0.39, 0.29) is 36.2 Å². The van der Waals surface area contributed by atoms with Crippen LogP contribution in [0.2, 0.25) is 0 Å². The first-order valence-electron chi connectivity index (χ1n) is 9.97. The molecule has 0 saturated heterocycles. The highest BCUT2D eigenvalue weighted by Crippen LogP contribution is 2.37. The third-order valence-corrected chi connectivity index (χ3v) is 4.99. The summed E-state index contributed by atoms with van der Waals surface area (Å²) in [7, 11) is 0. The number of ketones is 1. The second-order valence-corrected chi connectivity index (χ2v) is 7.21. The van der Waals surface area contributed by atoms with Gasteiger partial charge in [-0.05, 0) is 43.7 Å². The zero-order chi connectivity index (χ0) is 22.8. The van der Waals surface area contributed by atoms with Crippen LogP contribution in [-0.2, 0) is 17.8 Å². The van der Waals surface area contributed by atoms with Gasteiger partial charge in [0.15, 0.2) is 17.3 Å². The minimum absolute atomic E-state index is 0.0238. The summed E-state index contributed by atoms with van der Waals surface area (Å²) in [6, 6.07) is 9.90. The fraction of sp³-hybridized carbons (Fsp3) is 0.217. The van der Waals surface area contributed by atoms with Gasteiger partial charge < -0.3 is 14.8 Å². The van der Waals surface area contributed by atoms with E-state index in [1.165, 1.54) is 54.0 Å². The van der Waals surface area contributed by atoms with Gasteiger partial charge in [0.1, 0.15) is 18.2 Å². The minimum atomic E-state index is -0.539. The molecule has 0 spiro atoms. The molecule has 1 aliphatic rings. The van der Waals surface area contributed by atoms with Crippen LogP contribution in [0.5, 0.6) is 11.5 Å². The van der Waals surface area contributed by atoms with E-state index in [9.17, 15) is 18.8 Å². The van der Waals surface area contributed by atoms with Crippen molar-refractivity contribution in [2.24, 2.45) is 0 Å². The highest BCUT2D eigenvalue weighted by atomic mass is 19.1. The monoisotopic (exact) mass is 437 g/mol. The summed E-state index contributed by atoms with van der Waals surface area (Å²) in [6.45, 7) is 2.90. The Morgan fingerprint density at radius 3 is 2.47 bits per heavy atom. The number of Topliss-reactive ketones (excluding diaryl/α,β-unsaturated/α-hetero) is 1. The van der Waals surface area contributed by atoms with Crippen LogP contribution in [-0.4, -0.2) is 28.0 Å². The lowest BCUT2D eigenvalue weighted by Crippen LogP contribution is -2.30. The molecule has 2 heterocycles. The number of halogens is 1. The second-order valence-electron chi connectivity index (χ2n) is 7.21. The van der Waals surface area contributed by atoms with Gasteiger partial charge in [0.25, 0.3) is 5.56 Å². The minimum Gasteiger partial charge on any atom is -0.454 e. The molecule has 0 saturated carbocycles. The highest BCUT2D eigenvalue weighted by molar-refractivity contribution is 6.04. The van der Waals surface area contributed by atoms with E-state index in [4.69, 9.17) is 9.47 Å². The zero-order valence-corrected chi connectivity index (χ0v) is 17.5. The maximum absolute atomic E-state index is 13.4. The van der Waals surface area contributed by atoms with Gasteiger partial charge in [-0.2, -0.15) is 0 Å². The van der Waals surface area contributed by atoms with Gasteiger partial charge in [0.2, 0.25) is 12.7 Å². The number of nitrogens with one attached hydrogen (secondary N) is 1. The Balaban J connectivity index is 1.68. The average Bonchev–Trinajstić information content (AvgIpc) is 3.22. The van der Waals surface area contributed by atoms with Crippen LogP contribution in [0.4, 0.5) is 10.1 Å². The van der Waals surface area contributed by atoms with Crippen molar-refractivity contribution in [2.75, 3.05) is 12.1 Å². The number of fused-ring (bicyclic) bond motifs is 1. The molecule has 0 atom stereocenters. The third-order valence-electron chi connectivity index (χ3n) is 4.99. The zero-order valence-electron chi connectivity index (χ0n) is 17.5. The van der Waals surface area contributed by atoms with Gasteiger partial charge in [0, 0.05) is 29.0 Å². The number of anilines is 1. The van der Waals surface area contributed by atoms with E-state index < -0.39 is 17.3 Å². The molecule has 1 aromatic heterocycles. The molecule has 0 radical (unpaired) electrons. The Morgan fingerprint density at radius 1 is 1.12 bits per heavy atom. The number of hydrogen-bond acceptors (Lipinski definition) is 6. The largest absolute Gasteiger partial charge is 0.454 e. The van der Waals surface area contributed by atoms with Crippen molar-refractivity contribution in [3.8, 4) is 22.9 Å². The van der Waals surface area contributed by atoms with Gasteiger partial charge in [-0.25, -0.2) is 9.37 Å². The van der Waals surface area contributed by atoms with E-state index >= 15 is 0 Å². The topological polar surface area (TPSA) is 99.5 Å². The highest BCUT2D eigenvalue weighted by Gasteiger charge is 2.21. The molecule has 1 aliphatic heterocycles. The van der Waals surface area contributed by atoms with E-state index in [1.54, 1.807) is 0 Å². The maximum Gasteiger partial charge on any atom is 0.254 e. The number of nitrogens with zero attached hydrogens (tertiary/aromatic N) is 2. The van der Waals surface area contributed by atoms with Crippen molar-refractivity contribution in [3.05, 3.63) is 69.9 Å². The molecular formula is C23H20FN3O5. The first-order chi connectivity index (χ1) is 15.4. The summed E-state index contributed by atoms with van der Waals surface area (Å²) < 4.78 is 25.2. The van der Waals surface area contributed by atoms with Crippen molar-refractivity contribution in [2.45, 2.75) is 26.8 Å². The molecule has 4 rings (SSSR count). The summed E-state index contributed by atoms with van der Waals surface area (Å²) in [5.74, 6) is -0.154. The molecule has 0 unspecified atom stereocenters. The number of hydrogen-bond donors (Lipinski definition) is 1.